The van der Waals surface area contributed by atoms with Crippen LogP contribution in [0.5, 0.6) is 5.75 Å². The van der Waals surface area contributed by atoms with Crippen molar-refractivity contribution < 1.29 is 23.8 Å². The van der Waals surface area contributed by atoms with Gasteiger partial charge in [0.05, 0.1) is 26.5 Å². The van der Waals surface area contributed by atoms with Crippen molar-refractivity contribution in [3.63, 3.8) is 0 Å². The Morgan fingerprint density at radius 2 is 2.04 bits per heavy atom. The molecule has 1 aromatic carbocycles. The SMILES string of the molecule is CCOC(=O)N1c2cc(C(=O)OC)c(OC)cc2C(N)C[C@@H]1C. The van der Waals surface area contributed by atoms with Crippen molar-refractivity contribution >= 4 is 17.7 Å². The summed E-state index contributed by atoms with van der Waals surface area (Å²) in [6.07, 6.45) is 0.126. The standard InChI is InChI=1S/C16H22N2O5/c1-5-23-16(20)18-9(2)6-12(17)10-8-14(21-3)11(7-13(10)18)15(19)22-4/h7-9,12H,5-6,17H2,1-4H3/t9-,12?/m0/s1. The highest BCUT2D eigenvalue weighted by molar-refractivity contribution is 5.97. The van der Waals surface area contributed by atoms with Crippen molar-refractivity contribution in [2.45, 2.75) is 32.4 Å². The number of benzene rings is 1. The van der Waals surface area contributed by atoms with Crippen molar-refractivity contribution in [3.05, 3.63) is 23.3 Å². The van der Waals surface area contributed by atoms with Gasteiger partial charge in [-0.05, 0) is 38.0 Å². The van der Waals surface area contributed by atoms with Gasteiger partial charge in [0.15, 0.2) is 0 Å². The third kappa shape index (κ3) is 3.10. The lowest BCUT2D eigenvalue weighted by Crippen LogP contribution is -2.45. The summed E-state index contributed by atoms with van der Waals surface area (Å²) in [6.45, 7) is 3.90. The van der Waals surface area contributed by atoms with Crippen LogP contribution in [-0.4, -0.2) is 38.9 Å². The highest BCUT2D eigenvalue weighted by Crippen LogP contribution is 2.40. The number of anilines is 1. The Kier molecular flexibility index (Phi) is 5.10. The molecule has 1 amide bonds. The van der Waals surface area contributed by atoms with Crippen molar-refractivity contribution in [2.75, 3.05) is 25.7 Å². The number of hydrogen-bond acceptors (Lipinski definition) is 6. The van der Waals surface area contributed by atoms with Crippen molar-refractivity contribution in [2.24, 2.45) is 5.73 Å². The third-order valence-electron chi connectivity index (χ3n) is 3.91. The smallest absolute Gasteiger partial charge is 0.414 e. The molecule has 0 spiro atoms. The summed E-state index contributed by atoms with van der Waals surface area (Å²) in [5.41, 5.74) is 7.73. The predicted octanol–water partition coefficient (Wildman–Crippen LogP) is 2.24. The number of esters is 1. The molecule has 0 fully saturated rings. The lowest BCUT2D eigenvalue weighted by molar-refractivity contribution is 0.0597. The molecule has 0 aliphatic carbocycles. The highest BCUT2D eigenvalue weighted by atomic mass is 16.6. The molecule has 1 aliphatic heterocycles. The maximum absolute atomic E-state index is 12.3. The summed E-state index contributed by atoms with van der Waals surface area (Å²) in [5.74, 6) is -0.176. The molecule has 0 aromatic heterocycles. The number of carbonyl (C=O) groups is 2. The van der Waals surface area contributed by atoms with E-state index in [0.29, 0.717) is 17.9 Å². The monoisotopic (exact) mass is 322 g/mol. The van der Waals surface area contributed by atoms with Gasteiger partial charge in [-0.15, -0.1) is 0 Å². The van der Waals surface area contributed by atoms with Crippen LogP contribution in [0.3, 0.4) is 0 Å². The first-order valence-electron chi connectivity index (χ1n) is 7.46. The Hall–Kier alpha value is -2.28. The van der Waals surface area contributed by atoms with E-state index >= 15 is 0 Å². The molecule has 0 saturated heterocycles. The normalized spacial score (nSPS) is 19.8. The zero-order valence-corrected chi connectivity index (χ0v) is 13.8. The quantitative estimate of drug-likeness (QED) is 0.858. The lowest BCUT2D eigenvalue weighted by Gasteiger charge is -2.37. The maximum Gasteiger partial charge on any atom is 0.414 e. The van der Waals surface area contributed by atoms with Gasteiger partial charge in [-0.1, -0.05) is 0 Å². The first-order chi connectivity index (χ1) is 10.9. The van der Waals surface area contributed by atoms with Gasteiger partial charge in [0, 0.05) is 12.1 Å². The van der Waals surface area contributed by atoms with Crippen molar-refractivity contribution in [1.29, 1.82) is 0 Å². The second kappa shape index (κ2) is 6.87. The van der Waals surface area contributed by atoms with E-state index in [1.54, 1.807) is 19.1 Å². The fourth-order valence-corrected chi connectivity index (χ4v) is 2.84. The first-order valence-corrected chi connectivity index (χ1v) is 7.46. The number of ether oxygens (including phenoxy) is 3. The Bertz CT molecular complexity index is 617. The van der Waals surface area contributed by atoms with Crippen LogP contribution in [0.4, 0.5) is 10.5 Å². The van der Waals surface area contributed by atoms with E-state index in [4.69, 9.17) is 19.9 Å². The highest BCUT2D eigenvalue weighted by Gasteiger charge is 2.35. The van der Waals surface area contributed by atoms with E-state index in [2.05, 4.69) is 0 Å². The molecule has 2 atom stereocenters. The minimum atomic E-state index is -0.541. The number of carbonyl (C=O) groups excluding carboxylic acids is 2. The Labute approximate surface area is 135 Å². The van der Waals surface area contributed by atoms with E-state index < -0.39 is 12.1 Å². The van der Waals surface area contributed by atoms with Crippen LogP contribution in [0.1, 0.15) is 42.2 Å². The van der Waals surface area contributed by atoms with E-state index in [0.717, 1.165) is 5.56 Å². The van der Waals surface area contributed by atoms with Crippen LogP contribution >= 0.6 is 0 Å². The minimum absolute atomic E-state index is 0.143. The largest absolute Gasteiger partial charge is 0.496 e. The molecule has 0 saturated carbocycles. The summed E-state index contributed by atoms with van der Waals surface area (Å²) in [4.78, 5) is 25.8. The Morgan fingerprint density at radius 1 is 1.35 bits per heavy atom. The fraction of sp³-hybridized carbons (Fsp3) is 0.500. The van der Waals surface area contributed by atoms with Gasteiger partial charge in [0.25, 0.3) is 0 Å². The third-order valence-corrected chi connectivity index (χ3v) is 3.91. The van der Waals surface area contributed by atoms with Gasteiger partial charge in [0.2, 0.25) is 0 Å². The molecule has 0 radical (unpaired) electrons. The summed E-state index contributed by atoms with van der Waals surface area (Å²) in [6, 6.07) is 2.86. The number of methoxy groups -OCH3 is 2. The fourth-order valence-electron chi connectivity index (χ4n) is 2.84. The van der Waals surface area contributed by atoms with Gasteiger partial charge in [0.1, 0.15) is 11.3 Å². The number of hydrogen-bond donors (Lipinski definition) is 1. The number of nitrogens with two attached hydrogens (primary N) is 1. The molecule has 2 N–H and O–H groups in total. The molecule has 126 valence electrons. The molecule has 1 aliphatic rings. The summed E-state index contributed by atoms with van der Waals surface area (Å²) in [7, 11) is 2.76. The van der Waals surface area contributed by atoms with Crippen LogP contribution in [0.15, 0.2) is 12.1 Å². The number of nitrogens with zero attached hydrogens (tertiary/aromatic N) is 1. The van der Waals surface area contributed by atoms with Gasteiger partial charge in [-0.3, -0.25) is 4.90 Å². The van der Waals surface area contributed by atoms with Gasteiger partial charge < -0.3 is 19.9 Å². The average molecular weight is 322 g/mol. The van der Waals surface area contributed by atoms with E-state index in [9.17, 15) is 9.59 Å². The Morgan fingerprint density at radius 3 is 2.61 bits per heavy atom. The van der Waals surface area contributed by atoms with Gasteiger partial charge in [-0.2, -0.15) is 0 Å². The Balaban J connectivity index is 2.60. The van der Waals surface area contributed by atoms with Crippen LogP contribution < -0.4 is 15.4 Å². The molecule has 1 heterocycles. The molecule has 2 rings (SSSR count). The summed E-state index contributed by atoms with van der Waals surface area (Å²) in [5, 5.41) is 0. The topological polar surface area (TPSA) is 91.1 Å². The van der Waals surface area contributed by atoms with Crippen LogP contribution in [-0.2, 0) is 9.47 Å². The van der Waals surface area contributed by atoms with Gasteiger partial charge in [-0.25, -0.2) is 9.59 Å². The molecule has 1 aromatic rings. The second-order valence-electron chi connectivity index (χ2n) is 5.36. The number of rotatable bonds is 3. The van der Waals surface area contributed by atoms with Crippen LogP contribution in [0.2, 0.25) is 0 Å². The summed E-state index contributed by atoms with van der Waals surface area (Å²) < 4.78 is 15.2. The van der Waals surface area contributed by atoms with E-state index in [-0.39, 0.29) is 24.3 Å². The molecular weight excluding hydrogens is 300 g/mol. The predicted molar refractivity (Wildman–Crippen MR) is 84.8 cm³/mol. The van der Waals surface area contributed by atoms with E-state index in [1.165, 1.54) is 19.1 Å². The molecule has 7 heteroatoms. The zero-order chi connectivity index (χ0) is 17.1. The molecule has 23 heavy (non-hydrogen) atoms. The lowest BCUT2D eigenvalue weighted by atomic mass is 9.91. The molecular formula is C16H22N2O5. The average Bonchev–Trinajstić information content (AvgIpc) is 2.53. The first kappa shape index (κ1) is 17.1. The molecule has 1 unspecified atom stereocenters. The minimum Gasteiger partial charge on any atom is -0.496 e. The maximum atomic E-state index is 12.3. The van der Waals surface area contributed by atoms with Crippen LogP contribution in [0.25, 0.3) is 0 Å². The van der Waals surface area contributed by atoms with E-state index in [1.807, 2.05) is 6.92 Å². The molecule has 7 nitrogen and oxygen atoms in total. The number of amides is 1. The van der Waals surface area contributed by atoms with Gasteiger partial charge >= 0.3 is 12.1 Å². The van der Waals surface area contributed by atoms with Crippen LogP contribution in [0, 0.1) is 0 Å². The van der Waals surface area contributed by atoms with Crippen molar-refractivity contribution in [3.8, 4) is 5.75 Å². The number of fused-ring (bicyclic) bond motifs is 1. The molecule has 0 bridgehead atoms. The zero-order valence-electron chi connectivity index (χ0n) is 13.8. The summed E-state index contributed by atoms with van der Waals surface area (Å²) >= 11 is 0. The van der Waals surface area contributed by atoms with Crippen molar-refractivity contribution in [1.82, 2.24) is 0 Å². The second-order valence-corrected chi connectivity index (χ2v) is 5.36.